The van der Waals surface area contributed by atoms with Crippen LogP contribution >= 0.6 is 12.6 Å². The summed E-state index contributed by atoms with van der Waals surface area (Å²) in [5, 5.41) is 19.4. The van der Waals surface area contributed by atoms with E-state index in [9.17, 15) is 15.0 Å². The molecule has 0 aromatic heterocycles. The third-order valence-corrected chi connectivity index (χ3v) is 6.33. The van der Waals surface area contributed by atoms with Gasteiger partial charge in [-0.2, -0.15) is 0 Å². The topological polar surface area (TPSA) is 70.0 Å². The molecule has 3 aromatic rings. The fraction of sp³-hybridized carbons (Fsp3) is 0.250. The maximum atomic E-state index is 13.5. The highest BCUT2D eigenvalue weighted by molar-refractivity contribution is 7.80. The first-order valence-corrected chi connectivity index (χ1v) is 12.0. The van der Waals surface area contributed by atoms with E-state index in [1.807, 2.05) is 12.1 Å². The number of piperidine rings is 1. The molecule has 0 unspecified atom stereocenters. The first-order chi connectivity index (χ1) is 16.5. The van der Waals surface area contributed by atoms with Crippen LogP contribution in [0.4, 0.5) is 0 Å². The van der Waals surface area contributed by atoms with Crippen molar-refractivity contribution in [3.05, 3.63) is 83.4 Å². The number of ether oxygens (including phenoxy) is 1. The number of thiol groups is 1. The van der Waals surface area contributed by atoms with E-state index >= 15 is 0 Å². The number of nitrogens with zero attached hydrogens (tertiary/aromatic N) is 1. The summed E-state index contributed by atoms with van der Waals surface area (Å²) >= 11 is 4.48. The minimum atomic E-state index is -0.172. The van der Waals surface area contributed by atoms with Crippen LogP contribution in [-0.4, -0.2) is 47.1 Å². The van der Waals surface area contributed by atoms with Crippen LogP contribution in [0, 0.1) is 0 Å². The zero-order chi connectivity index (χ0) is 23.9. The number of hydrogen-bond donors (Lipinski definition) is 3. The summed E-state index contributed by atoms with van der Waals surface area (Å²) in [6.07, 6.45) is 5.59. The molecule has 4 rings (SSSR count). The van der Waals surface area contributed by atoms with E-state index in [-0.39, 0.29) is 17.3 Å². The van der Waals surface area contributed by atoms with Crippen LogP contribution in [-0.2, 0) is 0 Å². The maximum absolute atomic E-state index is 13.5. The van der Waals surface area contributed by atoms with Crippen molar-refractivity contribution in [2.75, 3.05) is 26.2 Å². The Kier molecular flexibility index (Phi) is 7.93. The standard InChI is InChI=1S/C28H29NO4S/c30-22-8-4-20(5-9-22)18-26(25-13-10-23(31)19-27(25)34)28(32)21-6-11-24(12-7-21)33-17-16-29-14-2-1-3-15-29/h4-13,18-19,30-31,34H,1-3,14-17H2/b26-18-. The Labute approximate surface area is 205 Å². The van der Waals surface area contributed by atoms with Gasteiger partial charge in [-0.15, -0.1) is 12.6 Å². The lowest BCUT2D eigenvalue weighted by Crippen LogP contribution is -2.33. The van der Waals surface area contributed by atoms with Gasteiger partial charge in [0.1, 0.15) is 23.9 Å². The Morgan fingerprint density at radius 1 is 0.912 bits per heavy atom. The van der Waals surface area contributed by atoms with E-state index in [2.05, 4.69) is 17.5 Å². The Morgan fingerprint density at radius 2 is 1.59 bits per heavy atom. The molecule has 6 heteroatoms. The molecule has 34 heavy (non-hydrogen) atoms. The number of aromatic hydroxyl groups is 2. The molecule has 1 aliphatic heterocycles. The van der Waals surface area contributed by atoms with Crippen LogP contribution in [0.15, 0.2) is 71.6 Å². The van der Waals surface area contributed by atoms with Gasteiger partial charge < -0.3 is 14.9 Å². The summed E-state index contributed by atoms with van der Waals surface area (Å²) in [5.41, 5.74) is 2.34. The molecule has 0 radical (unpaired) electrons. The lowest BCUT2D eigenvalue weighted by atomic mass is 9.94. The Hall–Kier alpha value is -3.22. The number of phenols is 2. The number of rotatable bonds is 8. The fourth-order valence-electron chi connectivity index (χ4n) is 4.08. The number of benzene rings is 3. The molecule has 1 fully saturated rings. The van der Waals surface area contributed by atoms with Gasteiger partial charge in [0.25, 0.3) is 0 Å². The molecule has 0 amide bonds. The molecule has 1 aliphatic rings. The minimum absolute atomic E-state index is 0.0798. The number of carbonyl (C=O) groups excluding carboxylic acids is 1. The number of Topliss-reactive ketones (excluding diaryl/α,β-unsaturated/α-hetero) is 1. The molecule has 1 saturated heterocycles. The molecule has 1 heterocycles. The van der Waals surface area contributed by atoms with Crippen LogP contribution in [0.1, 0.15) is 40.7 Å². The number of hydrogen-bond acceptors (Lipinski definition) is 6. The normalized spacial score (nSPS) is 14.7. The smallest absolute Gasteiger partial charge is 0.193 e. The van der Waals surface area contributed by atoms with Crippen LogP contribution in [0.5, 0.6) is 17.2 Å². The lowest BCUT2D eigenvalue weighted by Gasteiger charge is -2.26. The Balaban J connectivity index is 1.53. The highest BCUT2D eigenvalue weighted by Gasteiger charge is 2.18. The van der Waals surface area contributed by atoms with E-state index in [0.29, 0.717) is 28.2 Å². The maximum Gasteiger partial charge on any atom is 0.193 e. The van der Waals surface area contributed by atoms with Crippen molar-refractivity contribution < 1.29 is 19.7 Å². The van der Waals surface area contributed by atoms with E-state index in [1.54, 1.807) is 48.5 Å². The predicted molar refractivity (Wildman–Crippen MR) is 138 cm³/mol. The van der Waals surface area contributed by atoms with Gasteiger partial charge in [0.15, 0.2) is 5.78 Å². The molecule has 0 spiro atoms. The molecular formula is C28H29NO4S. The summed E-state index contributed by atoms with van der Waals surface area (Å²) in [7, 11) is 0. The van der Waals surface area contributed by atoms with Gasteiger partial charge in [0.05, 0.1) is 0 Å². The second kappa shape index (κ2) is 11.3. The van der Waals surface area contributed by atoms with Crippen molar-refractivity contribution in [1.82, 2.24) is 4.90 Å². The minimum Gasteiger partial charge on any atom is -0.508 e. The van der Waals surface area contributed by atoms with Crippen molar-refractivity contribution in [3.63, 3.8) is 0 Å². The van der Waals surface area contributed by atoms with Gasteiger partial charge in [-0.1, -0.05) is 18.6 Å². The molecule has 5 nitrogen and oxygen atoms in total. The van der Waals surface area contributed by atoms with Crippen molar-refractivity contribution in [3.8, 4) is 17.2 Å². The number of allylic oxidation sites excluding steroid dienone is 1. The van der Waals surface area contributed by atoms with Gasteiger partial charge in [-0.05, 0) is 97.7 Å². The zero-order valence-corrected chi connectivity index (χ0v) is 19.9. The number of likely N-dealkylation sites (tertiary alicyclic amines) is 1. The largest absolute Gasteiger partial charge is 0.508 e. The summed E-state index contributed by atoms with van der Waals surface area (Å²) in [4.78, 5) is 16.4. The third-order valence-electron chi connectivity index (χ3n) is 5.96. The zero-order valence-electron chi connectivity index (χ0n) is 19.0. The molecule has 0 aliphatic carbocycles. The molecule has 2 N–H and O–H groups in total. The third kappa shape index (κ3) is 6.22. The molecular weight excluding hydrogens is 446 g/mol. The lowest BCUT2D eigenvalue weighted by molar-refractivity contribution is 0.105. The summed E-state index contributed by atoms with van der Waals surface area (Å²) in [6, 6.07) is 18.5. The molecule has 0 saturated carbocycles. The van der Waals surface area contributed by atoms with E-state index < -0.39 is 0 Å². The van der Waals surface area contributed by atoms with E-state index in [4.69, 9.17) is 4.74 Å². The summed E-state index contributed by atoms with van der Waals surface area (Å²) < 4.78 is 5.90. The van der Waals surface area contributed by atoms with Crippen LogP contribution in [0.2, 0.25) is 0 Å². The Bertz CT molecular complexity index is 1150. The quantitative estimate of drug-likeness (QED) is 0.169. The molecule has 0 bridgehead atoms. The first kappa shape index (κ1) is 23.9. The van der Waals surface area contributed by atoms with Gasteiger partial charge in [0, 0.05) is 22.6 Å². The van der Waals surface area contributed by atoms with Crippen molar-refractivity contribution in [2.45, 2.75) is 24.2 Å². The van der Waals surface area contributed by atoms with Gasteiger partial charge in [-0.3, -0.25) is 9.69 Å². The van der Waals surface area contributed by atoms with Crippen LogP contribution in [0.3, 0.4) is 0 Å². The first-order valence-electron chi connectivity index (χ1n) is 11.5. The average Bonchev–Trinajstić information content (AvgIpc) is 2.85. The number of ketones is 1. The van der Waals surface area contributed by atoms with E-state index in [0.717, 1.165) is 30.9 Å². The van der Waals surface area contributed by atoms with Gasteiger partial charge in [0.2, 0.25) is 0 Å². The highest BCUT2D eigenvalue weighted by atomic mass is 32.1. The van der Waals surface area contributed by atoms with Crippen molar-refractivity contribution in [2.24, 2.45) is 0 Å². The molecule has 176 valence electrons. The van der Waals surface area contributed by atoms with Crippen molar-refractivity contribution >= 4 is 30.1 Å². The monoisotopic (exact) mass is 475 g/mol. The van der Waals surface area contributed by atoms with E-state index in [1.165, 1.54) is 31.4 Å². The van der Waals surface area contributed by atoms with Crippen LogP contribution in [0.25, 0.3) is 11.6 Å². The Morgan fingerprint density at radius 3 is 2.26 bits per heavy atom. The molecule has 0 atom stereocenters. The van der Waals surface area contributed by atoms with Gasteiger partial charge >= 0.3 is 0 Å². The predicted octanol–water partition coefficient (Wildman–Crippen LogP) is 5.67. The number of phenolic OH excluding ortho intramolecular Hbond substituents is 2. The highest BCUT2D eigenvalue weighted by Crippen LogP contribution is 2.31. The fourth-order valence-corrected chi connectivity index (χ4v) is 4.41. The summed E-state index contributed by atoms with van der Waals surface area (Å²) in [6.45, 7) is 3.80. The van der Waals surface area contributed by atoms with Gasteiger partial charge in [-0.25, -0.2) is 0 Å². The van der Waals surface area contributed by atoms with Crippen LogP contribution < -0.4 is 4.74 Å². The second-order valence-electron chi connectivity index (χ2n) is 8.46. The average molecular weight is 476 g/mol. The second-order valence-corrected chi connectivity index (χ2v) is 8.94. The molecule has 3 aromatic carbocycles. The number of carbonyl (C=O) groups is 1. The van der Waals surface area contributed by atoms with Crippen molar-refractivity contribution in [1.29, 1.82) is 0 Å². The summed E-state index contributed by atoms with van der Waals surface area (Å²) in [5.74, 6) is 0.794. The SMILES string of the molecule is O=C(/C(=C\c1ccc(O)cc1)c1ccc(O)cc1S)c1ccc(OCCN2CCCCC2)cc1.